The minimum absolute atomic E-state index is 0.271. The number of hydrogen-bond acceptors (Lipinski definition) is 4. The van der Waals surface area contributed by atoms with Crippen molar-refractivity contribution < 1.29 is 18.9 Å². The van der Waals surface area contributed by atoms with Crippen LogP contribution >= 0.6 is 0 Å². The van der Waals surface area contributed by atoms with Gasteiger partial charge in [0.2, 0.25) is 0 Å². The van der Waals surface area contributed by atoms with Gasteiger partial charge in [0.1, 0.15) is 36.9 Å². The van der Waals surface area contributed by atoms with Crippen LogP contribution in [0.5, 0.6) is 11.5 Å². The van der Waals surface area contributed by atoms with Crippen molar-refractivity contribution in [1.82, 2.24) is 0 Å². The summed E-state index contributed by atoms with van der Waals surface area (Å²) in [6.45, 7) is 2.87. The predicted molar refractivity (Wildman–Crippen MR) is 92.3 cm³/mol. The van der Waals surface area contributed by atoms with Crippen LogP contribution in [0.4, 0.5) is 0 Å². The van der Waals surface area contributed by atoms with Gasteiger partial charge in [0.15, 0.2) is 0 Å². The molecule has 2 aliphatic heterocycles. The third kappa shape index (κ3) is 4.60. The zero-order valence-corrected chi connectivity index (χ0v) is 13.4. The molecule has 0 spiro atoms. The molecule has 2 aromatic rings. The summed E-state index contributed by atoms with van der Waals surface area (Å²) < 4.78 is 21.7. The lowest BCUT2D eigenvalue weighted by Crippen LogP contribution is -2.03. The molecule has 0 aromatic heterocycles. The van der Waals surface area contributed by atoms with Crippen LogP contribution < -0.4 is 9.47 Å². The van der Waals surface area contributed by atoms with Crippen molar-refractivity contribution in [2.45, 2.75) is 12.2 Å². The van der Waals surface area contributed by atoms with E-state index in [4.69, 9.17) is 18.9 Å². The Bertz CT molecular complexity index is 656. The lowest BCUT2D eigenvalue weighted by atomic mass is 10.1. The van der Waals surface area contributed by atoms with Crippen LogP contribution in [0.15, 0.2) is 48.5 Å². The normalized spacial score (nSPS) is 21.7. The molecule has 0 amide bonds. The van der Waals surface area contributed by atoms with E-state index in [1.54, 1.807) is 0 Å². The molecule has 0 N–H and O–H groups in total. The van der Waals surface area contributed by atoms with Gasteiger partial charge in [-0.1, -0.05) is 36.4 Å². The second-order valence-corrected chi connectivity index (χ2v) is 6.01. The molecule has 2 aliphatic rings. The lowest BCUT2D eigenvalue weighted by molar-refractivity contribution is 0.263. The smallest absolute Gasteiger partial charge is 0.120 e. The van der Waals surface area contributed by atoms with Gasteiger partial charge in [0.25, 0.3) is 0 Å². The van der Waals surface area contributed by atoms with E-state index in [2.05, 4.69) is 24.3 Å². The highest BCUT2D eigenvalue weighted by Gasteiger charge is 2.23. The number of rotatable bonds is 8. The van der Waals surface area contributed by atoms with Crippen LogP contribution in [0.3, 0.4) is 0 Å². The standard InChI is InChI=1S/C20H20O4/c1-3-15(9-17(5-1)21-11-19-13-23-19)7-8-16-4-2-6-18(10-16)22-12-20-14-24-20/h1-10,19-20H,11-14H2/b8-7+. The molecule has 124 valence electrons. The highest BCUT2D eigenvalue weighted by molar-refractivity contribution is 5.70. The summed E-state index contributed by atoms with van der Waals surface area (Å²) in [5.74, 6) is 1.74. The van der Waals surface area contributed by atoms with Gasteiger partial charge in [-0.25, -0.2) is 0 Å². The van der Waals surface area contributed by atoms with E-state index in [0.29, 0.717) is 13.2 Å². The van der Waals surface area contributed by atoms with Crippen LogP contribution in [-0.4, -0.2) is 38.6 Å². The van der Waals surface area contributed by atoms with Gasteiger partial charge in [0.05, 0.1) is 13.2 Å². The SMILES string of the molecule is C(=C\c1cccc(OCC2CO2)c1)/c1cccc(OCC2CO2)c1. The molecular weight excluding hydrogens is 304 g/mol. The highest BCUT2D eigenvalue weighted by Crippen LogP contribution is 2.20. The molecule has 2 saturated heterocycles. The Morgan fingerprint density at radius 2 is 1.25 bits per heavy atom. The van der Waals surface area contributed by atoms with Gasteiger partial charge < -0.3 is 18.9 Å². The molecule has 0 aliphatic carbocycles. The fourth-order valence-electron chi connectivity index (χ4n) is 2.32. The molecule has 2 atom stereocenters. The first-order valence-electron chi connectivity index (χ1n) is 8.22. The summed E-state index contributed by atoms with van der Waals surface area (Å²) in [6, 6.07) is 16.1. The van der Waals surface area contributed by atoms with E-state index in [-0.39, 0.29) is 12.2 Å². The van der Waals surface area contributed by atoms with Crippen molar-refractivity contribution in [2.24, 2.45) is 0 Å². The number of epoxide rings is 2. The van der Waals surface area contributed by atoms with Crippen molar-refractivity contribution >= 4 is 12.2 Å². The van der Waals surface area contributed by atoms with Crippen LogP contribution in [0.2, 0.25) is 0 Å². The number of ether oxygens (including phenoxy) is 4. The van der Waals surface area contributed by atoms with Crippen molar-refractivity contribution in [3.05, 3.63) is 59.7 Å². The Morgan fingerprint density at radius 3 is 1.67 bits per heavy atom. The van der Waals surface area contributed by atoms with Crippen LogP contribution in [0, 0.1) is 0 Å². The summed E-state index contributed by atoms with van der Waals surface area (Å²) >= 11 is 0. The zero-order valence-electron chi connectivity index (χ0n) is 13.4. The molecule has 24 heavy (non-hydrogen) atoms. The fourth-order valence-corrected chi connectivity index (χ4v) is 2.32. The largest absolute Gasteiger partial charge is 0.491 e. The van der Waals surface area contributed by atoms with Crippen LogP contribution in [-0.2, 0) is 9.47 Å². The minimum Gasteiger partial charge on any atom is -0.491 e. The van der Waals surface area contributed by atoms with Gasteiger partial charge in [-0.05, 0) is 35.4 Å². The maximum Gasteiger partial charge on any atom is 0.120 e. The maximum absolute atomic E-state index is 5.71. The monoisotopic (exact) mass is 324 g/mol. The van der Waals surface area contributed by atoms with E-state index < -0.39 is 0 Å². The molecule has 0 bridgehead atoms. The first-order valence-corrected chi connectivity index (χ1v) is 8.22. The molecule has 4 nitrogen and oxygen atoms in total. The Kier molecular flexibility index (Phi) is 4.49. The second-order valence-electron chi connectivity index (χ2n) is 6.01. The summed E-state index contributed by atoms with van der Waals surface area (Å²) in [5.41, 5.74) is 2.20. The van der Waals surface area contributed by atoms with E-state index in [1.807, 2.05) is 36.4 Å². The molecule has 4 rings (SSSR count). The Hall–Kier alpha value is -2.30. The molecule has 4 heteroatoms. The Balaban J connectivity index is 1.38. The fraction of sp³-hybridized carbons (Fsp3) is 0.300. The van der Waals surface area contributed by atoms with Gasteiger partial charge in [-0.2, -0.15) is 0 Å². The number of benzene rings is 2. The summed E-state index contributed by atoms with van der Waals surface area (Å²) in [6.07, 6.45) is 4.69. The average Bonchev–Trinajstić information content (AvgIpc) is 3.52. The van der Waals surface area contributed by atoms with Crippen molar-refractivity contribution in [3.8, 4) is 11.5 Å². The van der Waals surface area contributed by atoms with Gasteiger partial charge in [-0.15, -0.1) is 0 Å². The molecule has 0 saturated carbocycles. The first-order chi connectivity index (χ1) is 11.8. The Labute approximate surface area is 141 Å². The van der Waals surface area contributed by atoms with Crippen LogP contribution in [0.25, 0.3) is 12.2 Å². The maximum atomic E-state index is 5.71. The number of hydrogen-bond donors (Lipinski definition) is 0. The third-order valence-electron chi connectivity index (χ3n) is 3.86. The summed E-state index contributed by atoms with van der Waals surface area (Å²) in [4.78, 5) is 0. The topological polar surface area (TPSA) is 43.5 Å². The molecule has 2 fully saturated rings. The Morgan fingerprint density at radius 1 is 0.792 bits per heavy atom. The van der Waals surface area contributed by atoms with Gasteiger partial charge in [-0.3, -0.25) is 0 Å². The average molecular weight is 324 g/mol. The van der Waals surface area contributed by atoms with Crippen molar-refractivity contribution in [1.29, 1.82) is 0 Å². The van der Waals surface area contributed by atoms with Gasteiger partial charge in [0, 0.05) is 0 Å². The predicted octanol–water partition coefficient (Wildman–Crippen LogP) is 3.41. The van der Waals surface area contributed by atoms with E-state index in [1.165, 1.54) is 0 Å². The third-order valence-corrected chi connectivity index (χ3v) is 3.86. The van der Waals surface area contributed by atoms with Crippen molar-refractivity contribution in [2.75, 3.05) is 26.4 Å². The van der Waals surface area contributed by atoms with Gasteiger partial charge >= 0.3 is 0 Å². The first kappa shape index (κ1) is 15.2. The van der Waals surface area contributed by atoms with Crippen molar-refractivity contribution in [3.63, 3.8) is 0 Å². The molecule has 2 aromatic carbocycles. The summed E-state index contributed by atoms with van der Waals surface area (Å²) in [7, 11) is 0. The second kappa shape index (κ2) is 7.07. The van der Waals surface area contributed by atoms with E-state index in [0.717, 1.165) is 35.8 Å². The van der Waals surface area contributed by atoms with Crippen LogP contribution in [0.1, 0.15) is 11.1 Å². The van der Waals surface area contributed by atoms with E-state index in [9.17, 15) is 0 Å². The molecular formula is C20H20O4. The van der Waals surface area contributed by atoms with E-state index >= 15 is 0 Å². The molecule has 2 unspecified atom stereocenters. The minimum atomic E-state index is 0.271. The zero-order chi connectivity index (χ0) is 16.2. The quantitative estimate of drug-likeness (QED) is 0.551. The highest BCUT2D eigenvalue weighted by atomic mass is 16.6. The molecule has 2 heterocycles. The lowest BCUT2D eigenvalue weighted by Gasteiger charge is -2.05. The summed E-state index contributed by atoms with van der Waals surface area (Å²) in [5, 5.41) is 0. The molecule has 0 radical (unpaired) electrons.